The maximum atomic E-state index is 14.8. The van der Waals surface area contributed by atoms with Crippen LogP contribution in [0.2, 0.25) is 0 Å². The number of amides is 1. The second-order valence-electron chi connectivity index (χ2n) is 7.02. The lowest BCUT2D eigenvalue weighted by Gasteiger charge is -2.36. The zero-order valence-corrected chi connectivity index (χ0v) is 18.1. The first kappa shape index (κ1) is 23.3. The van der Waals surface area contributed by atoms with E-state index < -0.39 is 17.6 Å². The molecule has 13 heteroatoms. The minimum atomic E-state index is -1.05. The van der Waals surface area contributed by atoms with Gasteiger partial charge in [-0.25, -0.2) is 13.5 Å². The highest BCUT2D eigenvalue weighted by Crippen LogP contribution is 2.27. The van der Waals surface area contributed by atoms with E-state index in [1.165, 1.54) is 27.8 Å². The molecule has 3 rings (SSSR count). The molecule has 0 radical (unpaired) electrons. The van der Waals surface area contributed by atoms with Crippen LogP contribution in [0.25, 0.3) is 5.69 Å². The number of rotatable bonds is 7. The molecule has 0 aliphatic carbocycles. The fraction of sp³-hybridized carbons (Fsp3) is 0.421. The number of ether oxygens (including phenoxy) is 1. The number of carbonyl (C=O) groups is 2. The van der Waals surface area contributed by atoms with Crippen LogP contribution < -0.4 is 10.2 Å². The number of hydrogen-bond donors (Lipinski definition) is 2. The molecular weight excluding hydrogens is 446 g/mol. The predicted molar refractivity (Wildman–Crippen MR) is 113 cm³/mol. The van der Waals surface area contributed by atoms with Crippen molar-refractivity contribution in [2.45, 2.75) is 19.4 Å². The third-order valence-corrected chi connectivity index (χ3v) is 5.22. The number of hydrogen-bond acceptors (Lipinski definition) is 7. The molecule has 0 atom stereocenters. The third kappa shape index (κ3) is 5.66. The minimum absolute atomic E-state index is 0.0978. The van der Waals surface area contributed by atoms with Gasteiger partial charge in [-0.15, -0.1) is 5.10 Å². The Labute approximate surface area is 187 Å². The molecular formula is C19H22F2N6O4S. The number of carboxylic acid groups (broad SMARTS) is 1. The Bertz CT molecular complexity index is 986. The monoisotopic (exact) mass is 468 g/mol. The highest BCUT2D eigenvalue weighted by Gasteiger charge is 2.26. The number of carbonyl (C=O) groups excluding carboxylic acids is 1. The Balaban J connectivity index is 1.65. The molecule has 1 aromatic carbocycles. The second kappa shape index (κ2) is 10.3. The summed E-state index contributed by atoms with van der Waals surface area (Å²) in [6, 6.07) is 2.32. The lowest BCUT2D eigenvalue weighted by atomic mass is 10.2. The van der Waals surface area contributed by atoms with Gasteiger partial charge in [0.05, 0.1) is 32.0 Å². The van der Waals surface area contributed by atoms with Gasteiger partial charge in [-0.05, 0) is 12.2 Å². The van der Waals surface area contributed by atoms with Crippen molar-refractivity contribution in [3.63, 3.8) is 0 Å². The molecule has 1 fully saturated rings. The van der Waals surface area contributed by atoms with Crippen molar-refractivity contribution in [3.05, 3.63) is 35.7 Å². The van der Waals surface area contributed by atoms with E-state index in [-0.39, 0.29) is 68.0 Å². The lowest BCUT2D eigenvalue weighted by molar-refractivity contribution is -0.141. The number of benzene rings is 1. The number of halogens is 2. The van der Waals surface area contributed by atoms with Crippen LogP contribution in [0.15, 0.2) is 18.3 Å². The smallest absolute Gasteiger partial charge is 0.303 e. The maximum absolute atomic E-state index is 14.8. The Hall–Kier alpha value is -3.35. The average molecular weight is 468 g/mol. The number of nitrogens with one attached hydrogen (secondary N) is 1. The van der Waals surface area contributed by atoms with Crippen molar-refractivity contribution in [1.82, 2.24) is 25.2 Å². The summed E-state index contributed by atoms with van der Waals surface area (Å²) in [7, 11) is 1.43. The van der Waals surface area contributed by atoms with Gasteiger partial charge in [0.2, 0.25) is 5.91 Å². The van der Waals surface area contributed by atoms with E-state index in [0.717, 1.165) is 12.1 Å². The number of methoxy groups -OCH3 is 1. The highest BCUT2D eigenvalue weighted by atomic mass is 32.1. The molecule has 0 saturated carbocycles. The van der Waals surface area contributed by atoms with E-state index in [2.05, 4.69) is 15.6 Å². The standard InChI is InChI=1S/C19H22F2N6O4S/c1-31-19(32)22-10-12-11-27(24-23-12)13-8-14(20)18(15(21)9-13)26-6-4-25(5-7-26)16(28)2-3-17(29)30/h8-9,11H,2-7,10H2,1H3,(H,22,32)(H,29,30). The van der Waals surface area contributed by atoms with Gasteiger partial charge in [0.15, 0.2) is 11.6 Å². The second-order valence-corrected chi connectivity index (χ2v) is 7.39. The van der Waals surface area contributed by atoms with Gasteiger partial charge in [0.25, 0.3) is 5.17 Å². The molecule has 2 N–H and O–H groups in total. The van der Waals surface area contributed by atoms with Crippen molar-refractivity contribution >= 4 is 35.0 Å². The topological polar surface area (TPSA) is 113 Å². The zero-order chi connectivity index (χ0) is 23.3. The van der Waals surface area contributed by atoms with Crippen LogP contribution in [0.1, 0.15) is 18.5 Å². The van der Waals surface area contributed by atoms with E-state index in [1.54, 1.807) is 0 Å². The van der Waals surface area contributed by atoms with Gasteiger partial charge in [-0.2, -0.15) is 0 Å². The van der Waals surface area contributed by atoms with Crippen molar-refractivity contribution in [1.29, 1.82) is 0 Å². The quantitative estimate of drug-likeness (QED) is 0.577. The van der Waals surface area contributed by atoms with Crippen molar-refractivity contribution in [3.8, 4) is 5.69 Å². The van der Waals surface area contributed by atoms with Gasteiger partial charge in [-0.3, -0.25) is 9.59 Å². The molecule has 0 unspecified atom stereocenters. The van der Waals surface area contributed by atoms with Crippen LogP contribution in [0.5, 0.6) is 0 Å². The van der Waals surface area contributed by atoms with E-state index in [0.29, 0.717) is 5.69 Å². The molecule has 1 saturated heterocycles. The van der Waals surface area contributed by atoms with Crippen LogP contribution >= 0.6 is 12.2 Å². The number of thiocarbonyl (C=S) groups is 1. The largest absolute Gasteiger partial charge is 0.481 e. The molecule has 1 aliphatic rings. The minimum Gasteiger partial charge on any atom is -0.481 e. The Morgan fingerprint density at radius 2 is 1.84 bits per heavy atom. The van der Waals surface area contributed by atoms with Gasteiger partial charge in [-0.1, -0.05) is 5.21 Å². The first-order valence-electron chi connectivity index (χ1n) is 9.75. The van der Waals surface area contributed by atoms with Crippen molar-refractivity contribution < 1.29 is 28.2 Å². The fourth-order valence-corrected chi connectivity index (χ4v) is 3.35. The Kier molecular flexibility index (Phi) is 7.51. The first-order valence-corrected chi connectivity index (χ1v) is 10.2. The highest BCUT2D eigenvalue weighted by molar-refractivity contribution is 7.80. The summed E-state index contributed by atoms with van der Waals surface area (Å²) >= 11 is 4.87. The average Bonchev–Trinajstić information content (AvgIpc) is 3.25. The Morgan fingerprint density at radius 1 is 1.19 bits per heavy atom. The molecule has 0 spiro atoms. The van der Waals surface area contributed by atoms with Crippen LogP contribution in [-0.4, -0.2) is 75.3 Å². The van der Waals surface area contributed by atoms with Crippen molar-refractivity contribution in [2.24, 2.45) is 0 Å². The molecule has 0 bridgehead atoms. The summed E-state index contributed by atoms with van der Waals surface area (Å²) in [5.41, 5.74) is 0.483. The van der Waals surface area contributed by atoms with E-state index in [1.807, 2.05) is 0 Å². The number of aromatic nitrogens is 3. The molecule has 1 aliphatic heterocycles. The summed E-state index contributed by atoms with van der Waals surface area (Å²) in [5, 5.41) is 19.5. The number of nitrogens with zero attached hydrogens (tertiary/aromatic N) is 5. The van der Waals surface area contributed by atoms with E-state index >= 15 is 0 Å². The number of piperazine rings is 1. The summed E-state index contributed by atoms with van der Waals surface area (Å²) < 4.78 is 35.7. The third-order valence-electron chi connectivity index (χ3n) is 4.91. The number of anilines is 1. The predicted octanol–water partition coefficient (Wildman–Crippen LogP) is 1.08. The van der Waals surface area contributed by atoms with E-state index in [4.69, 9.17) is 22.1 Å². The fourth-order valence-electron chi connectivity index (χ4n) is 3.28. The maximum Gasteiger partial charge on any atom is 0.303 e. The van der Waals surface area contributed by atoms with Gasteiger partial charge in [0.1, 0.15) is 11.4 Å². The number of aliphatic carboxylic acids is 1. The molecule has 32 heavy (non-hydrogen) atoms. The normalized spacial score (nSPS) is 13.7. The first-order chi connectivity index (χ1) is 15.3. The molecule has 1 amide bonds. The van der Waals surface area contributed by atoms with Crippen LogP contribution in [-0.2, 0) is 20.9 Å². The van der Waals surface area contributed by atoms with E-state index in [9.17, 15) is 18.4 Å². The molecule has 1 aromatic heterocycles. The zero-order valence-electron chi connectivity index (χ0n) is 17.3. The van der Waals surface area contributed by atoms with Crippen LogP contribution in [0, 0.1) is 11.6 Å². The molecule has 2 aromatic rings. The van der Waals surface area contributed by atoms with Crippen LogP contribution in [0.4, 0.5) is 14.5 Å². The molecule has 2 heterocycles. The number of carboxylic acids is 1. The Morgan fingerprint density at radius 3 is 2.44 bits per heavy atom. The molecule has 172 valence electrons. The van der Waals surface area contributed by atoms with Crippen molar-refractivity contribution in [2.75, 3.05) is 38.2 Å². The van der Waals surface area contributed by atoms with Crippen LogP contribution in [0.3, 0.4) is 0 Å². The SMILES string of the molecule is COC(=S)NCc1cn(-c2cc(F)c(N3CCN(C(=O)CCC(=O)O)CC3)c(F)c2)nn1. The van der Waals surface area contributed by atoms with Gasteiger partial charge < -0.3 is 25.0 Å². The van der Waals surface area contributed by atoms with Gasteiger partial charge in [0, 0.05) is 44.7 Å². The summed E-state index contributed by atoms with van der Waals surface area (Å²) in [6.07, 6.45) is 1.17. The lowest BCUT2D eigenvalue weighted by Crippen LogP contribution is -2.49. The summed E-state index contributed by atoms with van der Waals surface area (Å²) in [6.45, 7) is 1.20. The summed E-state index contributed by atoms with van der Waals surface area (Å²) in [4.78, 5) is 25.7. The van der Waals surface area contributed by atoms with Gasteiger partial charge >= 0.3 is 5.97 Å². The molecule has 10 nitrogen and oxygen atoms in total. The summed E-state index contributed by atoms with van der Waals surface area (Å²) in [5.74, 6) is -2.86.